The van der Waals surface area contributed by atoms with E-state index in [1.54, 1.807) is 0 Å². The number of fused-ring (bicyclic) bond motifs is 1. The van der Waals surface area contributed by atoms with Crippen LogP contribution >= 0.6 is 0 Å². The lowest BCUT2D eigenvalue weighted by Gasteiger charge is -2.38. The molecule has 2 rings (SSSR count). The highest BCUT2D eigenvalue weighted by Crippen LogP contribution is 2.38. The minimum atomic E-state index is -1.48. The molecule has 0 unspecified atom stereocenters. The maximum Gasteiger partial charge on any atom is 0.329 e. The number of non-ortho nitro benzene ring substituents is 1. The molecular formula is C12H12N2O6. The van der Waals surface area contributed by atoms with E-state index in [1.807, 2.05) is 0 Å². The molecule has 0 saturated heterocycles. The summed E-state index contributed by atoms with van der Waals surface area (Å²) in [6, 6.07) is 3.69. The number of nitro groups is 1. The van der Waals surface area contributed by atoms with Gasteiger partial charge in [-0.3, -0.25) is 19.8 Å². The molecule has 1 aliphatic heterocycles. The second-order valence-electron chi connectivity index (χ2n) is 4.79. The Morgan fingerprint density at radius 3 is 2.70 bits per heavy atom. The minimum Gasteiger partial charge on any atom is -0.481 e. The number of nitro benzene ring substituents is 1. The largest absolute Gasteiger partial charge is 0.481 e. The molecule has 1 aromatic carbocycles. The highest BCUT2D eigenvalue weighted by Gasteiger charge is 2.42. The van der Waals surface area contributed by atoms with Gasteiger partial charge in [0.25, 0.3) is 11.6 Å². The van der Waals surface area contributed by atoms with Gasteiger partial charge in [0.2, 0.25) is 0 Å². The van der Waals surface area contributed by atoms with Crippen molar-refractivity contribution < 1.29 is 24.4 Å². The Kier molecular flexibility index (Phi) is 3.09. The number of hydrogen-bond donors (Lipinski definition) is 1. The third-order valence-electron chi connectivity index (χ3n) is 3.08. The Morgan fingerprint density at radius 2 is 2.15 bits per heavy atom. The summed E-state index contributed by atoms with van der Waals surface area (Å²) in [4.78, 5) is 34.4. The molecule has 0 saturated carbocycles. The zero-order valence-electron chi connectivity index (χ0n) is 10.8. The summed E-state index contributed by atoms with van der Waals surface area (Å²) in [7, 11) is 0. The molecule has 0 bridgehead atoms. The average molecular weight is 280 g/mol. The summed E-state index contributed by atoms with van der Waals surface area (Å²) in [5.41, 5.74) is -1.46. The highest BCUT2D eigenvalue weighted by molar-refractivity contribution is 6.04. The number of nitrogens with zero attached hydrogens (tertiary/aromatic N) is 2. The van der Waals surface area contributed by atoms with Crippen molar-refractivity contribution in [2.45, 2.75) is 19.4 Å². The van der Waals surface area contributed by atoms with Gasteiger partial charge in [-0.05, 0) is 19.9 Å². The van der Waals surface area contributed by atoms with Crippen molar-refractivity contribution in [1.29, 1.82) is 0 Å². The van der Waals surface area contributed by atoms with Gasteiger partial charge in [0.1, 0.15) is 5.54 Å². The first-order valence-corrected chi connectivity index (χ1v) is 5.73. The van der Waals surface area contributed by atoms with Crippen LogP contribution in [0.5, 0.6) is 5.75 Å². The van der Waals surface area contributed by atoms with Gasteiger partial charge >= 0.3 is 5.97 Å². The van der Waals surface area contributed by atoms with Gasteiger partial charge in [-0.2, -0.15) is 0 Å². The van der Waals surface area contributed by atoms with Crippen molar-refractivity contribution in [3.63, 3.8) is 0 Å². The van der Waals surface area contributed by atoms with Crippen LogP contribution in [0.25, 0.3) is 0 Å². The molecule has 0 aliphatic carbocycles. The molecule has 1 aliphatic rings. The van der Waals surface area contributed by atoms with E-state index in [0.717, 1.165) is 4.90 Å². The Bertz CT molecular complexity index is 610. The van der Waals surface area contributed by atoms with Crippen LogP contribution in [-0.4, -0.2) is 34.1 Å². The Balaban J connectivity index is 2.55. The SMILES string of the molecule is CC(C)(C(=O)O)N1C(=O)COc2cc([N+](=O)[O-])ccc21. The van der Waals surface area contributed by atoms with E-state index >= 15 is 0 Å². The third kappa shape index (κ3) is 2.04. The van der Waals surface area contributed by atoms with Crippen LogP contribution in [-0.2, 0) is 9.59 Å². The van der Waals surface area contributed by atoms with E-state index in [9.17, 15) is 24.8 Å². The first-order valence-electron chi connectivity index (χ1n) is 5.73. The number of amides is 1. The summed E-state index contributed by atoms with van der Waals surface area (Å²) in [6.45, 7) is 2.40. The lowest BCUT2D eigenvalue weighted by atomic mass is 10.0. The zero-order valence-corrected chi connectivity index (χ0v) is 10.8. The van der Waals surface area contributed by atoms with Crippen molar-refractivity contribution in [3.8, 4) is 5.75 Å². The minimum absolute atomic E-state index is 0.119. The fourth-order valence-corrected chi connectivity index (χ4v) is 1.96. The predicted octanol–water partition coefficient (Wildman–Crippen LogP) is 1.18. The van der Waals surface area contributed by atoms with E-state index in [4.69, 9.17) is 4.74 Å². The topological polar surface area (TPSA) is 110 Å². The molecule has 1 amide bonds. The van der Waals surface area contributed by atoms with Gasteiger partial charge in [0.15, 0.2) is 12.4 Å². The molecule has 20 heavy (non-hydrogen) atoms. The molecule has 0 fully saturated rings. The smallest absolute Gasteiger partial charge is 0.329 e. The molecule has 0 atom stereocenters. The van der Waals surface area contributed by atoms with Crippen LogP contribution in [0.3, 0.4) is 0 Å². The summed E-state index contributed by atoms with van der Waals surface area (Å²) in [6.07, 6.45) is 0. The number of aliphatic carboxylic acids is 1. The van der Waals surface area contributed by atoms with E-state index < -0.39 is 22.3 Å². The van der Waals surface area contributed by atoms with Crippen LogP contribution in [0, 0.1) is 10.1 Å². The second kappa shape index (κ2) is 4.48. The molecule has 8 heteroatoms. The molecule has 0 radical (unpaired) electrons. The Hall–Kier alpha value is -2.64. The van der Waals surface area contributed by atoms with Crippen molar-refractivity contribution in [1.82, 2.24) is 0 Å². The molecule has 106 valence electrons. The first-order chi connectivity index (χ1) is 9.25. The normalized spacial score (nSPS) is 14.5. The Morgan fingerprint density at radius 1 is 1.50 bits per heavy atom. The summed E-state index contributed by atoms with van der Waals surface area (Å²) in [5, 5.41) is 19.9. The number of carboxylic acids is 1. The molecule has 0 spiro atoms. The van der Waals surface area contributed by atoms with Crippen LogP contribution < -0.4 is 9.64 Å². The average Bonchev–Trinajstić information content (AvgIpc) is 2.37. The molecule has 1 N–H and O–H groups in total. The van der Waals surface area contributed by atoms with Gasteiger partial charge in [-0.1, -0.05) is 0 Å². The fraction of sp³-hybridized carbons (Fsp3) is 0.333. The highest BCUT2D eigenvalue weighted by atomic mass is 16.6. The van der Waals surface area contributed by atoms with E-state index in [2.05, 4.69) is 0 Å². The number of carboxylic acid groups (broad SMARTS) is 1. The third-order valence-corrected chi connectivity index (χ3v) is 3.08. The number of benzene rings is 1. The monoisotopic (exact) mass is 280 g/mol. The zero-order chi connectivity index (χ0) is 15.1. The molecule has 1 heterocycles. The number of carbonyl (C=O) groups is 2. The second-order valence-corrected chi connectivity index (χ2v) is 4.79. The molecule has 1 aromatic rings. The first kappa shape index (κ1) is 13.8. The standard InChI is InChI=1S/C12H12N2O6/c1-12(2,11(16)17)13-8-4-3-7(14(18)19)5-9(8)20-6-10(13)15/h3-5H,6H2,1-2H3,(H,16,17). The maximum atomic E-state index is 11.9. The van der Waals surface area contributed by atoms with Gasteiger partial charge in [-0.15, -0.1) is 0 Å². The van der Waals surface area contributed by atoms with Crippen LogP contribution in [0.4, 0.5) is 11.4 Å². The van der Waals surface area contributed by atoms with Crippen molar-refractivity contribution in [3.05, 3.63) is 28.3 Å². The number of anilines is 1. The van der Waals surface area contributed by atoms with Crippen molar-refractivity contribution in [2.24, 2.45) is 0 Å². The molecule has 0 aromatic heterocycles. The van der Waals surface area contributed by atoms with Crippen molar-refractivity contribution >= 4 is 23.3 Å². The number of carbonyl (C=O) groups excluding carboxylic acids is 1. The molecule has 8 nitrogen and oxygen atoms in total. The van der Waals surface area contributed by atoms with Gasteiger partial charge in [0.05, 0.1) is 16.7 Å². The van der Waals surface area contributed by atoms with E-state index in [1.165, 1.54) is 32.0 Å². The van der Waals surface area contributed by atoms with E-state index in [0.29, 0.717) is 0 Å². The number of rotatable bonds is 3. The van der Waals surface area contributed by atoms with Gasteiger partial charge in [-0.25, -0.2) is 4.79 Å². The lowest BCUT2D eigenvalue weighted by Crippen LogP contribution is -2.56. The summed E-state index contributed by atoms with van der Waals surface area (Å²) in [5.74, 6) is -1.58. The quantitative estimate of drug-likeness (QED) is 0.657. The summed E-state index contributed by atoms with van der Waals surface area (Å²) < 4.78 is 5.14. The van der Waals surface area contributed by atoms with E-state index in [-0.39, 0.29) is 23.7 Å². The lowest BCUT2D eigenvalue weighted by molar-refractivity contribution is -0.384. The predicted molar refractivity (Wildman–Crippen MR) is 67.8 cm³/mol. The van der Waals surface area contributed by atoms with Crippen molar-refractivity contribution in [2.75, 3.05) is 11.5 Å². The van der Waals surface area contributed by atoms with Crippen LogP contribution in [0.1, 0.15) is 13.8 Å². The molecular weight excluding hydrogens is 268 g/mol. The van der Waals surface area contributed by atoms with Gasteiger partial charge < -0.3 is 9.84 Å². The van der Waals surface area contributed by atoms with Gasteiger partial charge in [0, 0.05) is 6.07 Å². The fourth-order valence-electron chi connectivity index (χ4n) is 1.96. The van der Waals surface area contributed by atoms with Crippen LogP contribution in [0.15, 0.2) is 18.2 Å². The maximum absolute atomic E-state index is 11.9. The number of ether oxygens (including phenoxy) is 1. The summed E-state index contributed by atoms with van der Waals surface area (Å²) >= 11 is 0. The Labute approximate surface area is 113 Å². The number of hydrogen-bond acceptors (Lipinski definition) is 5. The van der Waals surface area contributed by atoms with Crippen LogP contribution in [0.2, 0.25) is 0 Å².